The van der Waals surface area contributed by atoms with Crippen LogP contribution in [0.25, 0.3) is 112 Å². The number of nitrogens with zero attached hydrogens (tertiary/aromatic N) is 3. The summed E-state index contributed by atoms with van der Waals surface area (Å²) < 4.78 is 0. The van der Waals surface area contributed by atoms with Crippen molar-refractivity contribution >= 4 is 0 Å². The van der Waals surface area contributed by atoms with E-state index in [1.54, 1.807) is 0 Å². The maximum Gasteiger partial charge on any atom is 0.164 e. The van der Waals surface area contributed by atoms with E-state index in [0.29, 0.717) is 17.5 Å². The van der Waals surface area contributed by atoms with Gasteiger partial charge in [-0.1, -0.05) is 261 Å². The summed E-state index contributed by atoms with van der Waals surface area (Å²) in [7, 11) is 0. The van der Waals surface area contributed by atoms with Crippen LogP contribution in [0, 0.1) is 0 Å². The molecule has 0 aliphatic rings. The Morgan fingerprint density at radius 1 is 0.152 bits per heavy atom. The van der Waals surface area contributed by atoms with Crippen molar-refractivity contribution in [2.45, 2.75) is 0 Å². The van der Waals surface area contributed by atoms with Crippen LogP contribution >= 0.6 is 0 Å². The predicted octanol–water partition coefficient (Wildman–Crippen LogP) is 16.5. The third-order valence-electron chi connectivity index (χ3n) is 12.2. The van der Waals surface area contributed by atoms with Gasteiger partial charge in [-0.05, 0) is 77.9 Å². The molecule has 0 spiro atoms. The minimum atomic E-state index is 0.588. The molecule has 310 valence electrons. The third kappa shape index (κ3) is 7.69. The molecule has 0 radical (unpaired) electrons. The molecule has 3 heteroatoms. The second kappa shape index (κ2) is 18.1. The summed E-state index contributed by atoms with van der Waals surface area (Å²) >= 11 is 0. The molecule has 0 bridgehead atoms. The van der Waals surface area contributed by atoms with E-state index in [-0.39, 0.29) is 0 Å². The fourth-order valence-electron chi connectivity index (χ4n) is 9.26. The first-order chi connectivity index (χ1) is 32.8. The van der Waals surface area contributed by atoms with E-state index in [1.807, 2.05) is 24.3 Å². The zero-order valence-corrected chi connectivity index (χ0v) is 36.2. The molecule has 0 unspecified atom stereocenters. The number of hydrogen-bond acceptors (Lipinski definition) is 3. The van der Waals surface area contributed by atoms with E-state index < -0.39 is 0 Å². The van der Waals surface area contributed by atoms with Gasteiger partial charge in [0.05, 0.1) is 0 Å². The third-order valence-corrected chi connectivity index (χ3v) is 12.2. The number of benzene rings is 10. The Labute approximate surface area is 386 Å². The van der Waals surface area contributed by atoms with Gasteiger partial charge < -0.3 is 0 Å². The second-order valence-electron chi connectivity index (χ2n) is 16.2. The van der Waals surface area contributed by atoms with Crippen LogP contribution in [0.1, 0.15) is 0 Å². The zero-order chi connectivity index (χ0) is 44.1. The van der Waals surface area contributed by atoms with Crippen molar-refractivity contribution in [3.8, 4) is 112 Å². The lowest BCUT2D eigenvalue weighted by Gasteiger charge is -2.29. The Morgan fingerprint density at radius 2 is 0.379 bits per heavy atom. The topological polar surface area (TPSA) is 38.7 Å². The van der Waals surface area contributed by atoms with Gasteiger partial charge >= 0.3 is 0 Å². The summed E-state index contributed by atoms with van der Waals surface area (Å²) in [6.45, 7) is 0. The maximum atomic E-state index is 5.48. The van der Waals surface area contributed by atoms with Crippen LogP contribution in [-0.2, 0) is 0 Å². The first-order valence-electron chi connectivity index (χ1n) is 22.4. The predicted molar refractivity (Wildman–Crippen MR) is 274 cm³/mol. The molecule has 1 aromatic heterocycles. The molecule has 0 saturated carbocycles. The summed E-state index contributed by atoms with van der Waals surface area (Å²) in [4.78, 5) is 16.1. The molecule has 3 nitrogen and oxygen atoms in total. The summed E-state index contributed by atoms with van der Waals surface area (Å²) in [5.41, 5.74) is 18.3. The highest BCUT2D eigenvalue weighted by Crippen LogP contribution is 2.56. The largest absolute Gasteiger partial charge is 0.208 e. The zero-order valence-electron chi connectivity index (χ0n) is 36.2. The maximum absolute atomic E-state index is 5.48. The lowest BCUT2D eigenvalue weighted by atomic mass is 9.73. The van der Waals surface area contributed by atoms with E-state index in [1.165, 1.54) is 5.56 Å². The molecule has 0 amide bonds. The molecule has 0 N–H and O–H groups in total. The molecule has 11 aromatic rings. The second-order valence-corrected chi connectivity index (χ2v) is 16.2. The molecule has 10 aromatic carbocycles. The van der Waals surface area contributed by atoms with E-state index >= 15 is 0 Å². The normalized spacial score (nSPS) is 11.0. The van der Waals surface area contributed by atoms with E-state index in [0.717, 1.165) is 89.0 Å². The van der Waals surface area contributed by atoms with Crippen LogP contribution in [0.2, 0.25) is 0 Å². The Morgan fingerprint density at radius 3 is 0.727 bits per heavy atom. The highest BCUT2D eigenvalue weighted by molar-refractivity contribution is 6.16. The van der Waals surface area contributed by atoms with Gasteiger partial charge in [0.15, 0.2) is 17.5 Å². The van der Waals surface area contributed by atoms with Gasteiger partial charge in [0, 0.05) is 16.7 Å². The molecule has 11 rings (SSSR count). The van der Waals surface area contributed by atoms with Gasteiger partial charge in [0.2, 0.25) is 0 Å². The van der Waals surface area contributed by atoms with Crippen LogP contribution in [0.4, 0.5) is 0 Å². The van der Waals surface area contributed by atoms with Gasteiger partial charge in [-0.3, -0.25) is 0 Å². The number of aromatic nitrogens is 3. The van der Waals surface area contributed by atoms with Gasteiger partial charge in [0.1, 0.15) is 0 Å². The molecule has 0 aliphatic heterocycles. The Bertz CT molecular complexity index is 3310. The van der Waals surface area contributed by atoms with Crippen LogP contribution in [0.5, 0.6) is 0 Å². The van der Waals surface area contributed by atoms with Crippen molar-refractivity contribution in [2.75, 3.05) is 0 Å². The molecule has 0 fully saturated rings. The lowest BCUT2D eigenvalue weighted by molar-refractivity contribution is 1.07. The fraction of sp³-hybridized carbons (Fsp3) is 0. The monoisotopic (exact) mass is 841 g/mol. The molecular weight excluding hydrogens is 799 g/mol. The highest BCUT2D eigenvalue weighted by Gasteiger charge is 2.30. The summed E-state index contributed by atoms with van der Waals surface area (Å²) in [6, 6.07) is 92.1. The quantitative estimate of drug-likeness (QED) is 0.138. The lowest BCUT2D eigenvalue weighted by Crippen LogP contribution is -2.04. The minimum Gasteiger partial charge on any atom is -0.208 e. The van der Waals surface area contributed by atoms with Gasteiger partial charge in [-0.15, -0.1) is 0 Å². The first kappa shape index (κ1) is 40.0. The van der Waals surface area contributed by atoms with Gasteiger partial charge in [-0.2, -0.15) is 0 Å². The van der Waals surface area contributed by atoms with Crippen LogP contribution in [-0.4, -0.2) is 15.0 Å². The van der Waals surface area contributed by atoms with Gasteiger partial charge in [-0.25, -0.2) is 15.0 Å². The average molecular weight is 842 g/mol. The summed E-state index contributed by atoms with van der Waals surface area (Å²) in [5.74, 6) is 1.80. The van der Waals surface area contributed by atoms with Crippen LogP contribution in [0.3, 0.4) is 0 Å². The number of rotatable bonds is 10. The molecule has 0 atom stereocenters. The van der Waals surface area contributed by atoms with Crippen LogP contribution in [0.15, 0.2) is 261 Å². The standard InChI is InChI=1S/C63H43N3/c1-8-26-44(27-9-1)51-40-22-24-42-53(51)62-64-61(50-38-20-7-21-39-50)65-63(66-62)54-43-25-23-41-52(54)60-58(48-34-16-5-17-35-48)56(46-30-12-3-13-31-46)55(45-28-10-2-11-29-45)57(47-32-14-4-15-33-47)59(60)49-36-18-6-19-37-49/h1-43H. The Balaban J connectivity index is 1.32. The van der Waals surface area contributed by atoms with Crippen LogP contribution < -0.4 is 0 Å². The van der Waals surface area contributed by atoms with Crippen molar-refractivity contribution in [2.24, 2.45) is 0 Å². The van der Waals surface area contributed by atoms with Gasteiger partial charge in [0.25, 0.3) is 0 Å². The van der Waals surface area contributed by atoms with E-state index in [4.69, 9.17) is 15.0 Å². The Kier molecular flexibility index (Phi) is 11.0. The molecular formula is C63H43N3. The van der Waals surface area contributed by atoms with E-state index in [9.17, 15) is 0 Å². The summed E-state index contributed by atoms with van der Waals surface area (Å²) in [5, 5.41) is 0. The smallest absolute Gasteiger partial charge is 0.164 e. The first-order valence-corrected chi connectivity index (χ1v) is 22.4. The fourth-order valence-corrected chi connectivity index (χ4v) is 9.26. The molecule has 66 heavy (non-hydrogen) atoms. The van der Waals surface area contributed by atoms with Crippen molar-refractivity contribution in [1.29, 1.82) is 0 Å². The highest BCUT2D eigenvalue weighted by atomic mass is 15.0. The summed E-state index contributed by atoms with van der Waals surface area (Å²) in [6.07, 6.45) is 0. The average Bonchev–Trinajstić information content (AvgIpc) is 3.41. The van der Waals surface area contributed by atoms with Crippen molar-refractivity contribution in [3.05, 3.63) is 261 Å². The van der Waals surface area contributed by atoms with Crippen molar-refractivity contribution in [3.63, 3.8) is 0 Å². The van der Waals surface area contributed by atoms with E-state index in [2.05, 4.69) is 237 Å². The SMILES string of the molecule is c1ccc(-c2nc(-c3ccccc3-c3ccccc3)nc(-c3ccccc3-c3c(-c4ccccc4)c(-c4ccccc4)c(-c4ccccc4)c(-c4ccccc4)c3-c3ccccc3)n2)cc1. The minimum absolute atomic E-state index is 0.588. The molecule has 1 heterocycles. The van der Waals surface area contributed by atoms with Crippen molar-refractivity contribution in [1.82, 2.24) is 15.0 Å². The molecule has 0 saturated heterocycles. The van der Waals surface area contributed by atoms with Crippen molar-refractivity contribution < 1.29 is 0 Å². The molecule has 0 aliphatic carbocycles. The number of hydrogen-bond donors (Lipinski definition) is 0. The Hall–Kier alpha value is -8.79.